The second-order valence-electron chi connectivity index (χ2n) is 10.3. The second kappa shape index (κ2) is 12.2. The summed E-state index contributed by atoms with van der Waals surface area (Å²) >= 11 is -2.55. The van der Waals surface area contributed by atoms with Gasteiger partial charge in [0.25, 0.3) is 5.91 Å². The first kappa shape index (κ1) is 30.9. The van der Waals surface area contributed by atoms with Gasteiger partial charge in [0.05, 0.1) is 11.1 Å². The van der Waals surface area contributed by atoms with Crippen molar-refractivity contribution >= 4 is 40.7 Å². The molecule has 4 N–H and O–H groups in total. The monoisotopic (exact) mass is 618 g/mol. The molecule has 1 atom stereocenters. The van der Waals surface area contributed by atoms with Gasteiger partial charge in [-0.15, -0.1) is 0 Å². The highest BCUT2D eigenvalue weighted by molar-refractivity contribution is 7.76. The molecule has 3 aromatic carbocycles. The van der Waals surface area contributed by atoms with E-state index in [1.807, 2.05) is 6.07 Å². The normalized spacial score (nSPS) is 14.3. The zero-order chi connectivity index (χ0) is 31.1. The van der Waals surface area contributed by atoms with Gasteiger partial charge in [-0.05, 0) is 89.8 Å². The maximum atomic E-state index is 13.7. The third-order valence-corrected chi connectivity index (χ3v) is 8.22. The number of nitrogens with zero attached hydrogens (tertiary/aromatic N) is 1. The summed E-state index contributed by atoms with van der Waals surface area (Å²) in [5.41, 5.74) is 0.948. The van der Waals surface area contributed by atoms with Crippen molar-refractivity contribution in [1.29, 1.82) is 0 Å². The lowest BCUT2D eigenvalue weighted by molar-refractivity contribution is -0.138. The van der Waals surface area contributed by atoms with Crippen LogP contribution in [0.25, 0.3) is 22.3 Å². The Kier molecular flexibility index (Phi) is 8.77. The lowest BCUT2D eigenvalue weighted by Gasteiger charge is -2.21. The lowest BCUT2D eigenvalue weighted by atomic mass is 9.78. The Hall–Kier alpha value is -3.56. The number of furan rings is 1. The summed E-state index contributed by atoms with van der Waals surface area (Å²) in [4.78, 5) is 12.9. The number of fused-ring (bicyclic) bond motifs is 1. The van der Waals surface area contributed by atoms with E-state index in [1.165, 1.54) is 31.3 Å². The van der Waals surface area contributed by atoms with E-state index < -0.39 is 41.8 Å². The van der Waals surface area contributed by atoms with Crippen molar-refractivity contribution in [1.82, 2.24) is 9.62 Å². The number of carbonyl (C=O) groups excluding carboxylic acids is 1. The van der Waals surface area contributed by atoms with E-state index in [4.69, 9.17) is 4.42 Å². The second-order valence-corrected chi connectivity index (χ2v) is 11.3. The van der Waals surface area contributed by atoms with E-state index in [9.17, 15) is 41.2 Å². The highest BCUT2D eigenvalue weighted by Crippen LogP contribution is 2.45. The first-order valence-corrected chi connectivity index (χ1v) is 14.4. The average Bonchev–Trinajstić information content (AvgIpc) is 3.74. The predicted octanol–water partition coefficient (Wildman–Crippen LogP) is 4.36. The number of amides is 1. The maximum Gasteiger partial charge on any atom is 0.488 e. The van der Waals surface area contributed by atoms with Crippen molar-refractivity contribution in [2.24, 2.45) is 0 Å². The molecule has 226 valence electrons. The van der Waals surface area contributed by atoms with Crippen LogP contribution in [0.1, 0.15) is 51.4 Å². The van der Waals surface area contributed by atoms with Crippen molar-refractivity contribution in [2.75, 3.05) is 13.6 Å². The molecular weight excluding hydrogens is 591 g/mol. The van der Waals surface area contributed by atoms with Crippen LogP contribution in [0.3, 0.4) is 0 Å². The zero-order valence-corrected chi connectivity index (χ0v) is 23.6. The van der Waals surface area contributed by atoms with Crippen LogP contribution < -0.4 is 10.8 Å². The van der Waals surface area contributed by atoms with Gasteiger partial charge in [0.1, 0.15) is 17.2 Å². The van der Waals surface area contributed by atoms with E-state index in [-0.39, 0.29) is 47.8 Å². The van der Waals surface area contributed by atoms with E-state index in [1.54, 1.807) is 6.07 Å². The molecule has 1 saturated carbocycles. The van der Waals surface area contributed by atoms with Crippen LogP contribution in [0.2, 0.25) is 0 Å². The summed E-state index contributed by atoms with van der Waals surface area (Å²) < 4.78 is 84.4. The molecule has 1 heterocycles. The zero-order valence-electron chi connectivity index (χ0n) is 22.8. The van der Waals surface area contributed by atoms with Gasteiger partial charge in [-0.3, -0.25) is 9.35 Å². The number of halogens is 4. The molecule has 43 heavy (non-hydrogen) atoms. The predicted molar refractivity (Wildman–Crippen MR) is 153 cm³/mol. The van der Waals surface area contributed by atoms with Gasteiger partial charge in [0.15, 0.2) is 0 Å². The Morgan fingerprint density at radius 2 is 1.79 bits per heavy atom. The Bertz CT molecular complexity index is 1690. The quantitative estimate of drug-likeness (QED) is 0.119. The molecule has 14 heteroatoms. The summed E-state index contributed by atoms with van der Waals surface area (Å²) in [7, 11) is -0.606. The fourth-order valence-corrected chi connectivity index (χ4v) is 5.65. The Morgan fingerprint density at radius 3 is 2.37 bits per heavy atom. The fraction of sp³-hybridized carbons (Fsp3) is 0.276. The number of alkyl halides is 3. The minimum absolute atomic E-state index is 0.0957. The van der Waals surface area contributed by atoms with Gasteiger partial charge < -0.3 is 19.8 Å². The summed E-state index contributed by atoms with van der Waals surface area (Å²) in [5.74, 6) is -0.511. The van der Waals surface area contributed by atoms with Crippen molar-refractivity contribution < 1.29 is 45.6 Å². The highest BCUT2D eigenvalue weighted by Gasteiger charge is 2.35. The molecule has 0 bridgehead atoms. The van der Waals surface area contributed by atoms with Gasteiger partial charge >= 0.3 is 13.3 Å². The van der Waals surface area contributed by atoms with E-state index in [0.29, 0.717) is 28.2 Å². The molecule has 4 aromatic rings. The van der Waals surface area contributed by atoms with Gasteiger partial charge in [0.2, 0.25) is 11.3 Å². The maximum absolute atomic E-state index is 13.7. The molecule has 1 unspecified atom stereocenters. The van der Waals surface area contributed by atoms with Crippen molar-refractivity contribution in [3.8, 4) is 11.3 Å². The van der Waals surface area contributed by atoms with E-state index in [0.717, 1.165) is 34.8 Å². The molecule has 1 amide bonds. The largest absolute Gasteiger partial charge is 0.488 e. The fourth-order valence-electron chi connectivity index (χ4n) is 5.15. The minimum atomic E-state index is -4.78. The first-order chi connectivity index (χ1) is 20.4. The Balaban J connectivity index is 1.50. The Morgan fingerprint density at radius 1 is 1.09 bits per heavy atom. The summed E-state index contributed by atoms with van der Waals surface area (Å²) in [6.45, 7) is -0.320. The summed E-state index contributed by atoms with van der Waals surface area (Å²) in [6, 6.07) is 11.9. The lowest BCUT2D eigenvalue weighted by Crippen LogP contribution is -2.32. The molecule has 1 aliphatic rings. The average molecular weight is 618 g/mol. The number of hydrogen-bond acceptors (Lipinski definition) is 5. The third kappa shape index (κ3) is 6.68. The molecule has 0 spiro atoms. The molecule has 1 fully saturated rings. The van der Waals surface area contributed by atoms with E-state index >= 15 is 0 Å². The molecule has 5 rings (SSSR count). The topological polar surface area (TPSA) is 123 Å². The number of hydrogen-bond donors (Lipinski definition) is 4. The van der Waals surface area contributed by atoms with Crippen molar-refractivity contribution in [3.05, 3.63) is 88.2 Å². The SMILES string of the molecule is CNC(=O)c1c(-c2ccc(F)cc2)oc2cc(CN(CCc3ccc(B(O)O)cc3C(F)(F)F)S(=O)O)c(C3CC3)cc12. The van der Waals surface area contributed by atoms with Crippen LogP contribution in [0.4, 0.5) is 17.6 Å². The smallest absolute Gasteiger partial charge is 0.455 e. The van der Waals surface area contributed by atoms with Crippen LogP contribution in [0.15, 0.2) is 59.0 Å². The number of nitrogens with one attached hydrogen (secondary N) is 1. The molecule has 0 aliphatic heterocycles. The molecular formula is C29H27BF4N2O6S. The molecule has 8 nitrogen and oxygen atoms in total. The van der Waals surface area contributed by atoms with Crippen molar-refractivity contribution in [2.45, 2.75) is 37.9 Å². The Labute approximate surface area is 246 Å². The van der Waals surface area contributed by atoms with Crippen LogP contribution in [-0.2, 0) is 30.4 Å². The van der Waals surface area contributed by atoms with Gasteiger partial charge in [-0.25, -0.2) is 8.60 Å². The third-order valence-electron chi connectivity index (χ3n) is 7.46. The van der Waals surface area contributed by atoms with E-state index in [2.05, 4.69) is 5.32 Å². The van der Waals surface area contributed by atoms with Gasteiger partial charge in [-0.2, -0.15) is 17.5 Å². The van der Waals surface area contributed by atoms with Crippen LogP contribution >= 0.6 is 0 Å². The van der Waals surface area contributed by atoms with Crippen LogP contribution in [0.5, 0.6) is 0 Å². The van der Waals surface area contributed by atoms with Gasteiger partial charge in [-0.1, -0.05) is 12.1 Å². The highest BCUT2D eigenvalue weighted by atomic mass is 32.2. The summed E-state index contributed by atoms with van der Waals surface area (Å²) in [6.07, 6.45) is -3.31. The summed E-state index contributed by atoms with van der Waals surface area (Å²) in [5, 5.41) is 21.7. The standard InChI is InChI=1S/C29H27BF4N2O6S/c1-35-28(37)26-23-14-22(16-2-3-16)19(12-25(23)42-27(26)18-5-8-21(31)9-6-18)15-36(43(40)41)11-10-17-4-7-20(30(38)39)13-24(17)29(32,33)34/h4-9,12-14,16,38-39H,2-3,10-11,15H2,1H3,(H,35,37)(H,40,41). The first-order valence-electron chi connectivity index (χ1n) is 13.4. The minimum Gasteiger partial charge on any atom is -0.455 e. The number of benzene rings is 3. The van der Waals surface area contributed by atoms with Gasteiger partial charge in [0, 0.05) is 31.1 Å². The van der Waals surface area contributed by atoms with Crippen LogP contribution in [-0.4, -0.2) is 49.7 Å². The number of rotatable bonds is 10. The molecule has 1 aromatic heterocycles. The molecule has 0 radical (unpaired) electrons. The number of carbonyl (C=O) groups is 1. The molecule has 0 saturated heterocycles. The van der Waals surface area contributed by atoms with Crippen molar-refractivity contribution in [3.63, 3.8) is 0 Å². The molecule has 1 aliphatic carbocycles. The van der Waals surface area contributed by atoms with Crippen LogP contribution in [0, 0.1) is 5.82 Å².